The number of thiophene rings is 1. The lowest BCUT2D eigenvalue weighted by atomic mass is 9.91. The molecule has 0 spiro atoms. The topological polar surface area (TPSA) is 103 Å². The van der Waals surface area contributed by atoms with Crippen LogP contribution in [0.1, 0.15) is 54.9 Å². The maximum Gasteiger partial charge on any atom is 0.246 e. The Morgan fingerprint density at radius 3 is 2.75 bits per heavy atom. The number of nitrogens with two attached hydrogens (primary N) is 1. The second kappa shape index (κ2) is 9.59. The number of aromatic nitrogens is 2. The number of fused-ring (bicyclic) bond motifs is 3. The molecule has 0 aromatic carbocycles. The fourth-order valence-electron chi connectivity index (χ4n) is 5.69. The number of aryl methyl sites for hydroxylation is 1. The molecule has 2 fully saturated rings. The van der Waals surface area contributed by atoms with Gasteiger partial charge in [-0.2, -0.15) is 0 Å². The standard InChI is InChI=1S/C23H33N5O3S/c1-30-17(21(24)29)12-14-2-7-18-19(14)20-22(26-13-27-23(20)32-18)31-16-5-3-15(4-6-16)28-10-8-25-9-11-28/h13-17,25H,2-12H2,1H3,(H2,24,29)/t14-,15-,16-,17-/m1/s1. The summed E-state index contributed by atoms with van der Waals surface area (Å²) in [6.45, 7) is 4.50. The van der Waals surface area contributed by atoms with Crippen molar-refractivity contribution in [3.05, 3.63) is 16.8 Å². The predicted molar refractivity (Wildman–Crippen MR) is 124 cm³/mol. The molecule has 1 saturated carbocycles. The Labute approximate surface area is 192 Å². The fraction of sp³-hybridized carbons (Fsp3) is 0.696. The van der Waals surface area contributed by atoms with Crippen LogP contribution >= 0.6 is 11.3 Å². The molecule has 0 radical (unpaired) electrons. The lowest BCUT2D eigenvalue weighted by Crippen LogP contribution is -2.50. The lowest BCUT2D eigenvalue weighted by molar-refractivity contribution is -0.128. The molecule has 1 amide bonds. The van der Waals surface area contributed by atoms with Gasteiger partial charge in [-0.3, -0.25) is 9.69 Å². The second-order valence-corrected chi connectivity index (χ2v) is 10.3. The summed E-state index contributed by atoms with van der Waals surface area (Å²) in [4.78, 5) is 25.8. The van der Waals surface area contributed by atoms with Gasteiger partial charge in [0.1, 0.15) is 23.4 Å². The smallest absolute Gasteiger partial charge is 0.246 e. The number of carbonyl (C=O) groups is 1. The molecule has 3 heterocycles. The van der Waals surface area contributed by atoms with E-state index in [1.54, 1.807) is 24.8 Å². The van der Waals surface area contributed by atoms with Gasteiger partial charge in [0.2, 0.25) is 11.8 Å². The number of methoxy groups -OCH3 is 1. The minimum absolute atomic E-state index is 0.194. The van der Waals surface area contributed by atoms with E-state index in [-0.39, 0.29) is 12.0 Å². The largest absolute Gasteiger partial charge is 0.474 e. The summed E-state index contributed by atoms with van der Waals surface area (Å²) in [7, 11) is 1.55. The van der Waals surface area contributed by atoms with Crippen LogP contribution in [-0.2, 0) is 16.0 Å². The van der Waals surface area contributed by atoms with Crippen molar-refractivity contribution < 1.29 is 14.3 Å². The molecule has 0 unspecified atom stereocenters. The molecule has 2 aromatic heterocycles. The van der Waals surface area contributed by atoms with Crippen molar-refractivity contribution in [1.82, 2.24) is 20.2 Å². The van der Waals surface area contributed by atoms with E-state index in [2.05, 4.69) is 20.2 Å². The number of rotatable bonds is 7. The SMILES string of the molecule is CO[C@H](C[C@H]1CCc2sc3ncnc(O[C@H]4CC[C@H](N5CCNCC5)CC4)c3c21)C(N)=O. The van der Waals surface area contributed by atoms with Gasteiger partial charge in [0, 0.05) is 44.2 Å². The molecule has 2 aromatic rings. The summed E-state index contributed by atoms with van der Waals surface area (Å²) in [6, 6.07) is 0.678. The van der Waals surface area contributed by atoms with Crippen LogP contribution < -0.4 is 15.8 Å². The average Bonchev–Trinajstić information content (AvgIpc) is 3.38. The molecule has 32 heavy (non-hydrogen) atoms. The van der Waals surface area contributed by atoms with E-state index in [0.29, 0.717) is 18.3 Å². The molecule has 1 saturated heterocycles. The number of ether oxygens (including phenoxy) is 2. The van der Waals surface area contributed by atoms with Crippen molar-refractivity contribution >= 4 is 27.5 Å². The number of hydrogen-bond acceptors (Lipinski definition) is 8. The summed E-state index contributed by atoms with van der Waals surface area (Å²) in [5.74, 6) is 0.514. The third kappa shape index (κ3) is 4.35. The quantitative estimate of drug-likeness (QED) is 0.654. The molecule has 2 aliphatic carbocycles. The first-order valence-electron chi connectivity index (χ1n) is 11.8. The Morgan fingerprint density at radius 1 is 1.25 bits per heavy atom. The first-order valence-corrected chi connectivity index (χ1v) is 12.7. The second-order valence-electron chi connectivity index (χ2n) is 9.23. The summed E-state index contributed by atoms with van der Waals surface area (Å²) >= 11 is 1.73. The highest BCUT2D eigenvalue weighted by Gasteiger charge is 2.34. The van der Waals surface area contributed by atoms with E-state index < -0.39 is 12.0 Å². The molecular weight excluding hydrogens is 426 g/mol. The minimum atomic E-state index is -0.574. The molecule has 9 heteroatoms. The Kier molecular flexibility index (Phi) is 6.59. The number of hydrogen-bond donors (Lipinski definition) is 2. The van der Waals surface area contributed by atoms with Gasteiger partial charge in [0.25, 0.3) is 0 Å². The summed E-state index contributed by atoms with van der Waals surface area (Å²) in [6.07, 6.45) is 8.29. The molecule has 3 aliphatic rings. The molecule has 5 rings (SSSR count). The Morgan fingerprint density at radius 2 is 2.03 bits per heavy atom. The number of amides is 1. The number of nitrogens with zero attached hydrogens (tertiary/aromatic N) is 3. The number of carbonyl (C=O) groups excluding carboxylic acids is 1. The molecule has 8 nitrogen and oxygen atoms in total. The summed E-state index contributed by atoms with van der Waals surface area (Å²) in [5, 5.41) is 4.48. The van der Waals surface area contributed by atoms with Crippen molar-refractivity contribution in [1.29, 1.82) is 0 Å². The van der Waals surface area contributed by atoms with Crippen LogP contribution in [0.3, 0.4) is 0 Å². The third-order valence-corrected chi connectivity index (χ3v) is 8.56. The number of nitrogens with one attached hydrogen (secondary N) is 1. The zero-order chi connectivity index (χ0) is 22.1. The Hall–Kier alpha value is -1.81. The first-order chi connectivity index (χ1) is 15.6. The molecule has 2 atom stereocenters. The third-order valence-electron chi connectivity index (χ3n) is 7.39. The maximum absolute atomic E-state index is 11.7. The van der Waals surface area contributed by atoms with Crippen molar-refractivity contribution in [2.24, 2.45) is 5.73 Å². The van der Waals surface area contributed by atoms with Gasteiger partial charge >= 0.3 is 0 Å². The van der Waals surface area contributed by atoms with E-state index >= 15 is 0 Å². The normalized spacial score (nSPS) is 27.3. The highest BCUT2D eigenvalue weighted by molar-refractivity contribution is 7.19. The average molecular weight is 460 g/mol. The number of primary amides is 1. The van der Waals surface area contributed by atoms with Crippen LogP contribution in [0.25, 0.3) is 10.2 Å². The van der Waals surface area contributed by atoms with Crippen LogP contribution in [-0.4, -0.2) is 72.3 Å². The summed E-state index contributed by atoms with van der Waals surface area (Å²) < 4.78 is 11.9. The molecule has 3 N–H and O–H groups in total. The molecule has 1 aliphatic heterocycles. The van der Waals surface area contributed by atoms with E-state index in [1.165, 1.54) is 23.3 Å². The van der Waals surface area contributed by atoms with Gasteiger partial charge in [-0.15, -0.1) is 11.3 Å². The predicted octanol–water partition coefficient (Wildman–Crippen LogP) is 2.21. The van der Waals surface area contributed by atoms with Crippen LogP contribution in [0, 0.1) is 0 Å². The van der Waals surface area contributed by atoms with Crippen molar-refractivity contribution in [3.63, 3.8) is 0 Å². The zero-order valence-electron chi connectivity index (χ0n) is 18.7. The van der Waals surface area contributed by atoms with Crippen LogP contribution in [0.15, 0.2) is 6.33 Å². The molecule has 0 bridgehead atoms. The van der Waals surface area contributed by atoms with Crippen LogP contribution in [0.2, 0.25) is 0 Å². The fourth-order valence-corrected chi connectivity index (χ4v) is 6.92. The van der Waals surface area contributed by atoms with Gasteiger partial charge < -0.3 is 20.5 Å². The monoisotopic (exact) mass is 459 g/mol. The van der Waals surface area contributed by atoms with Gasteiger partial charge in [-0.25, -0.2) is 9.97 Å². The van der Waals surface area contributed by atoms with E-state index in [4.69, 9.17) is 15.2 Å². The van der Waals surface area contributed by atoms with Crippen LogP contribution in [0.4, 0.5) is 0 Å². The first kappa shape index (κ1) is 22.0. The zero-order valence-corrected chi connectivity index (χ0v) is 19.5. The minimum Gasteiger partial charge on any atom is -0.474 e. The van der Waals surface area contributed by atoms with E-state index in [1.807, 2.05) is 0 Å². The van der Waals surface area contributed by atoms with E-state index in [9.17, 15) is 4.79 Å². The Bertz CT molecular complexity index is 953. The van der Waals surface area contributed by atoms with Gasteiger partial charge in [-0.1, -0.05) is 0 Å². The lowest BCUT2D eigenvalue weighted by Gasteiger charge is -2.39. The Balaban J connectivity index is 1.32. The van der Waals surface area contributed by atoms with E-state index in [0.717, 1.165) is 62.1 Å². The summed E-state index contributed by atoms with van der Waals surface area (Å²) in [5.41, 5.74) is 6.78. The number of piperazine rings is 1. The van der Waals surface area contributed by atoms with Crippen molar-refractivity contribution in [2.45, 2.75) is 69.1 Å². The van der Waals surface area contributed by atoms with Crippen LogP contribution in [0.5, 0.6) is 5.88 Å². The highest BCUT2D eigenvalue weighted by atomic mass is 32.1. The maximum atomic E-state index is 11.7. The van der Waals surface area contributed by atoms with Gasteiger partial charge in [0.05, 0.1) is 5.39 Å². The highest BCUT2D eigenvalue weighted by Crippen LogP contribution is 2.48. The molecular formula is C23H33N5O3S. The van der Waals surface area contributed by atoms with Crippen molar-refractivity contribution in [2.75, 3.05) is 33.3 Å². The van der Waals surface area contributed by atoms with Gasteiger partial charge in [0.15, 0.2) is 0 Å². The van der Waals surface area contributed by atoms with Gasteiger partial charge in [-0.05, 0) is 56.4 Å². The van der Waals surface area contributed by atoms with Crippen molar-refractivity contribution in [3.8, 4) is 5.88 Å². The molecule has 174 valence electrons.